The summed E-state index contributed by atoms with van der Waals surface area (Å²) in [6.45, 7) is 9.96. The molecule has 0 aromatic carbocycles. The number of likely N-dealkylation sites (N-methyl/N-ethyl adjacent to an activating group) is 1. The molecule has 102 valence electrons. The van der Waals surface area contributed by atoms with Crippen molar-refractivity contribution in [2.24, 2.45) is 5.92 Å². The van der Waals surface area contributed by atoms with Crippen molar-refractivity contribution in [2.45, 2.75) is 59.4 Å². The Morgan fingerprint density at radius 3 is 2.28 bits per heavy atom. The molecule has 1 N–H and O–H groups in total. The molecule has 0 amide bonds. The van der Waals surface area contributed by atoms with Gasteiger partial charge in [-0.2, -0.15) is 0 Å². The fourth-order valence-corrected chi connectivity index (χ4v) is 2.54. The van der Waals surface area contributed by atoms with Crippen molar-refractivity contribution >= 4 is 0 Å². The molecule has 1 aromatic rings. The zero-order valence-corrected chi connectivity index (χ0v) is 12.4. The van der Waals surface area contributed by atoms with Gasteiger partial charge in [0.15, 0.2) is 0 Å². The minimum Gasteiger partial charge on any atom is -0.314 e. The van der Waals surface area contributed by atoms with Crippen LogP contribution in [-0.4, -0.2) is 17.6 Å². The molecule has 0 fully saturated rings. The Hall–Kier alpha value is -0.890. The Morgan fingerprint density at radius 1 is 1.11 bits per heavy atom. The second kappa shape index (κ2) is 8.25. The standard InChI is InChI=1S/C16H28N2/c1-5-13-9-10-15(18-12-13)11-16(17-8-4)14(6-2)7-3/h9-10,12,14,16-17H,5-8,11H2,1-4H3. The van der Waals surface area contributed by atoms with Crippen molar-refractivity contribution in [3.63, 3.8) is 0 Å². The number of nitrogens with one attached hydrogen (secondary N) is 1. The lowest BCUT2D eigenvalue weighted by atomic mass is 9.90. The normalized spacial score (nSPS) is 12.9. The highest BCUT2D eigenvalue weighted by Gasteiger charge is 2.18. The third kappa shape index (κ3) is 4.41. The van der Waals surface area contributed by atoms with Crippen LogP contribution >= 0.6 is 0 Å². The Bertz CT molecular complexity index is 314. The van der Waals surface area contributed by atoms with Crippen LogP contribution in [-0.2, 0) is 12.8 Å². The first-order valence-electron chi connectivity index (χ1n) is 7.42. The second-order valence-corrected chi connectivity index (χ2v) is 4.96. The van der Waals surface area contributed by atoms with Gasteiger partial charge in [0.1, 0.15) is 0 Å². The molecular weight excluding hydrogens is 220 g/mol. The highest BCUT2D eigenvalue weighted by Crippen LogP contribution is 2.17. The summed E-state index contributed by atoms with van der Waals surface area (Å²) < 4.78 is 0. The van der Waals surface area contributed by atoms with Gasteiger partial charge in [-0.05, 0) is 30.5 Å². The van der Waals surface area contributed by atoms with Gasteiger partial charge in [-0.3, -0.25) is 4.98 Å². The molecule has 0 radical (unpaired) electrons. The van der Waals surface area contributed by atoms with Gasteiger partial charge in [-0.25, -0.2) is 0 Å². The maximum Gasteiger partial charge on any atom is 0.0419 e. The van der Waals surface area contributed by atoms with Crippen LogP contribution < -0.4 is 5.32 Å². The SMILES string of the molecule is CCNC(Cc1ccc(CC)cn1)C(CC)CC. The van der Waals surface area contributed by atoms with E-state index in [4.69, 9.17) is 0 Å². The summed E-state index contributed by atoms with van der Waals surface area (Å²) in [6.07, 6.45) is 6.61. The van der Waals surface area contributed by atoms with E-state index in [2.05, 4.69) is 50.1 Å². The molecule has 0 saturated carbocycles. The molecule has 0 aliphatic rings. The van der Waals surface area contributed by atoms with Crippen LogP contribution in [0.4, 0.5) is 0 Å². The van der Waals surface area contributed by atoms with Crippen LogP contribution in [0.15, 0.2) is 18.3 Å². The lowest BCUT2D eigenvalue weighted by Crippen LogP contribution is -2.37. The van der Waals surface area contributed by atoms with Gasteiger partial charge >= 0.3 is 0 Å². The second-order valence-electron chi connectivity index (χ2n) is 4.96. The van der Waals surface area contributed by atoms with Gasteiger partial charge in [0.25, 0.3) is 0 Å². The van der Waals surface area contributed by atoms with E-state index >= 15 is 0 Å². The van der Waals surface area contributed by atoms with E-state index in [0.717, 1.165) is 25.3 Å². The maximum atomic E-state index is 4.58. The first kappa shape index (κ1) is 15.2. The number of hydrogen-bond acceptors (Lipinski definition) is 2. The Labute approximate surface area is 112 Å². The minimum atomic E-state index is 0.560. The van der Waals surface area contributed by atoms with Crippen LogP contribution in [0, 0.1) is 5.92 Å². The van der Waals surface area contributed by atoms with Crippen molar-refractivity contribution in [2.75, 3.05) is 6.54 Å². The Morgan fingerprint density at radius 2 is 1.83 bits per heavy atom. The summed E-state index contributed by atoms with van der Waals surface area (Å²) in [6, 6.07) is 4.95. The molecule has 18 heavy (non-hydrogen) atoms. The number of aromatic nitrogens is 1. The molecule has 1 atom stereocenters. The molecule has 0 aliphatic heterocycles. The first-order chi connectivity index (χ1) is 8.74. The summed E-state index contributed by atoms with van der Waals surface area (Å²) in [5.74, 6) is 0.748. The average Bonchev–Trinajstić information content (AvgIpc) is 2.41. The lowest BCUT2D eigenvalue weighted by Gasteiger charge is -2.26. The average molecular weight is 248 g/mol. The van der Waals surface area contributed by atoms with E-state index in [0.29, 0.717) is 6.04 Å². The molecule has 2 nitrogen and oxygen atoms in total. The molecule has 1 heterocycles. The summed E-state index contributed by atoms with van der Waals surface area (Å²) in [5.41, 5.74) is 2.53. The van der Waals surface area contributed by atoms with Crippen molar-refractivity contribution in [1.82, 2.24) is 10.3 Å². The molecule has 0 spiro atoms. The van der Waals surface area contributed by atoms with E-state index in [1.807, 2.05) is 6.20 Å². The largest absolute Gasteiger partial charge is 0.314 e. The summed E-state index contributed by atoms with van der Waals surface area (Å²) in [4.78, 5) is 4.58. The fraction of sp³-hybridized carbons (Fsp3) is 0.688. The van der Waals surface area contributed by atoms with E-state index in [1.54, 1.807) is 0 Å². The molecule has 0 aliphatic carbocycles. The van der Waals surface area contributed by atoms with Crippen LogP contribution in [0.2, 0.25) is 0 Å². The van der Waals surface area contributed by atoms with Crippen molar-refractivity contribution in [3.8, 4) is 0 Å². The van der Waals surface area contributed by atoms with E-state index < -0.39 is 0 Å². The van der Waals surface area contributed by atoms with Crippen LogP contribution in [0.25, 0.3) is 0 Å². The first-order valence-corrected chi connectivity index (χ1v) is 7.42. The summed E-state index contributed by atoms with van der Waals surface area (Å²) in [5, 5.41) is 3.62. The molecule has 1 aromatic heterocycles. The van der Waals surface area contributed by atoms with Crippen molar-refractivity contribution < 1.29 is 0 Å². The maximum absolute atomic E-state index is 4.58. The fourth-order valence-electron chi connectivity index (χ4n) is 2.54. The topological polar surface area (TPSA) is 24.9 Å². The number of hydrogen-bond donors (Lipinski definition) is 1. The molecular formula is C16H28N2. The highest BCUT2D eigenvalue weighted by molar-refractivity contribution is 5.14. The zero-order chi connectivity index (χ0) is 13.4. The van der Waals surface area contributed by atoms with Gasteiger partial charge < -0.3 is 5.32 Å². The molecule has 1 unspecified atom stereocenters. The van der Waals surface area contributed by atoms with Gasteiger partial charge in [-0.15, -0.1) is 0 Å². The monoisotopic (exact) mass is 248 g/mol. The third-order valence-corrected chi connectivity index (χ3v) is 3.81. The van der Waals surface area contributed by atoms with Crippen LogP contribution in [0.5, 0.6) is 0 Å². The molecule has 0 saturated heterocycles. The molecule has 1 rings (SSSR count). The molecule has 0 bridgehead atoms. The third-order valence-electron chi connectivity index (χ3n) is 3.81. The number of aryl methyl sites for hydroxylation is 1. The quantitative estimate of drug-likeness (QED) is 0.760. The van der Waals surface area contributed by atoms with Crippen LogP contribution in [0.1, 0.15) is 51.8 Å². The minimum absolute atomic E-state index is 0.560. The number of pyridine rings is 1. The Kier molecular flexibility index (Phi) is 6.96. The predicted molar refractivity (Wildman–Crippen MR) is 78.9 cm³/mol. The van der Waals surface area contributed by atoms with E-state index in [-0.39, 0.29) is 0 Å². The number of rotatable bonds is 8. The number of nitrogens with zero attached hydrogens (tertiary/aromatic N) is 1. The summed E-state index contributed by atoms with van der Waals surface area (Å²) in [7, 11) is 0. The van der Waals surface area contributed by atoms with Crippen LogP contribution in [0.3, 0.4) is 0 Å². The lowest BCUT2D eigenvalue weighted by molar-refractivity contribution is 0.335. The van der Waals surface area contributed by atoms with E-state index in [9.17, 15) is 0 Å². The van der Waals surface area contributed by atoms with E-state index in [1.165, 1.54) is 24.1 Å². The Balaban J connectivity index is 2.69. The predicted octanol–water partition coefficient (Wildman–Crippen LogP) is 3.60. The van der Waals surface area contributed by atoms with Gasteiger partial charge in [0, 0.05) is 24.4 Å². The van der Waals surface area contributed by atoms with Gasteiger partial charge in [-0.1, -0.05) is 46.6 Å². The van der Waals surface area contributed by atoms with Gasteiger partial charge in [0.2, 0.25) is 0 Å². The van der Waals surface area contributed by atoms with Crippen molar-refractivity contribution in [3.05, 3.63) is 29.6 Å². The summed E-state index contributed by atoms with van der Waals surface area (Å²) >= 11 is 0. The van der Waals surface area contributed by atoms with Crippen molar-refractivity contribution in [1.29, 1.82) is 0 Å². The molecule has 2 heteroatoms. The zero-order valence-electron chi connectivity index (χ0n) is 12.4. The highest BCUT2D eigenvalue weighted by atomic mass is 14.9. The van der Waals surface area contributed by atoms with Gasteiger partial charge in [0.05, 0.1) is 0 Å². The smallest absolute Gasteiger partial charge is 0.0419 e.